The van der Waals surface area contributed by atoms with Gasteiger partial charge in [0.05, 0.1) is 23.8 Å². The molecule has 1 N–H and O–H groups in total. The summed E-state index contributed by atoms with van der Waals surface area (Å²) in [5.74, 6) is 0.450. The Bertz CT molecular complexity index is 510. The summed E-state index contributed by atoms with van der Waals surface area (Å²) in [5.41, 5.74) is 0.453. The lowest BCUT2D eigenvalue weighted by Gasteiger charge is -2.26. The quantitative estimate of drug-likeness (QED) is 0.905. The number of pyridine rings is 1. The molecule has 0 spiro atoms. The van der Waals surface area contributed by atoms with Crippen molar-refractivity contribution in [3.8, 4) is 6.07 Å². The second-order valence-corrected chi connectivity index (χ2v) is 5.59. The van der Waals surface area contributed by atoms with Crippen LogP contribution in [0.1, 0.15) is 25.8 Å². The molecule has 2 rings (SSSR count). The van der Waals surface area contributed by atoms with Crippen molar-refractivity contribution in [3.05, 3.63) is 22.8 Å². The van der Waals surface area contributed by atoms with E-state index < -0.39 is 5.79 Å². The van der Waals surface area contributed by atoms with Gasteiger partial charge in [0.1, 0.15) is 11.9 Å². The van der Waals surface area contributed by atoms with Crippen molar-refractivity contribution in [2.24, 2.45) is 5.92 Å². The first-order valence-corrected chi connectivity index (χ1v) is 6.97. The maximum atomic E-state index is 8.76. The number of nitrogens with one attached hydrogen (secondary N) is 1. The summed E-state index contributed by atoms with van der Waals surface area (Å²) in [6.07, 6.45) is 2.30. The molecule has 0 radical (unpaired) electrons. The number of nitrogens with zero attached hydrogens (tertiary/aromatic N) is 2. The van der Waals surface area contributed by atoms with Crippen LogP contribution in [0.15, 0.2) is 12.3 Å². The SMILES string of the molecule is C[C@H](CNc1ncc(C#N)cc1Cl)CC1(C)OCCO1. The van der Waals surface area contributed by atoms with Crippen molar-refractivity contribution in [1.29, 1.82) is 5.26 Å². The number of nitriles is 1. The fraction of sp³-hybridized carbons (Fsp3) is 0.571. The zero-order chi connectivity index (χ0) is 14.6. The largest absolute Gasteiger partial charge is 0.369 e. The van der Waals surface area contributed by atoms with Crippen molar-refractivity contribution in [3.63, 3.8) is 0 Å². The van der Waals surface area contributed by atoms with Gasteiger partial charge < -0.3 is 14.8 Å². The van der Waals surface area contributed by atoms with Crippen LogP contribution in [-0.4, -0.2) is 30.5 Å². The highest BCUT2D eigenvalue weighted by Gasteiger charge is 2.32. The van der Waals surface area contributed by atoms with Gasteiger partial charge in [0.25, 0.3) is 0 Å². The summed E-state index contributed by atoms with van der Waals surface area (Å²) in [7, 11) is 0. The molecule has 1 aliphatic heterocycles. The van der Waals surface area contributed by atoms with Gasteiger partial charge in [-0.2, -0.15) is 5.26 Å². The number of hydrogen-bond acceptors (Lipinski definition) is 5. The van der Waals surface area contributed by atoms with E-state index in [0.717, 1.165) is 6.42 Å². The van der Waals surface area contributed by atoms with Crippen molar-refractivity contribution >= 4 is 17.4 Å². The molecule has 2 heterocycles. The first-order valence-electron chi connectivity index (χ1n) is 6.60. The molecule has 1 saturated heterocycles. The van der Waals surface area contributed by atoms with Crippen LogP contribution in [0.25, 0.3) is 0 Å². The fourth-order valence-corrected chi connectivity index (χ4v) is 2.51. The molecule has 0 amide bonds. The Morgan fingerprint density at radius 3 is 2.85 bits per heavy atom. The second kappa shape index (κ2) is 6.40. The van der Waals surface area contributed by atoms with Crippen LogP contribution >= 0.6 is 11.6 Å². The molecule has 1 aromatic heterocycles. The number of halogens is 1. The predicted molar refractivity (Wildman–Crippen MR) is 76.5 cm³/mol. The molecule has 6 heteroatoms. The molecule has 5 nitrogen and oxygen atoms in total. The van der Waals surface area contributed by atoms with Gasteiger partial charge in [0.2, 0.25) is 0 Å². The Kier molecular flexibility index (Phi) is 4.81. The Morgan fingerprint density at radius 1 is 1.55 bits per heavy atom. The summed E-state index contributed by atoms with van der Waals surface area (Å²) >= 11 is 6.06. The topological polar surface area (TPSA) is 67.2 Å². The normalized spacial score (nSPS) is 18.5. The highest BCUT2D eigenvalue weighted by atomic mass is 35.5. The van der Waals surface area contributed by atoms with E-state index in [0.29, 0.717) is 42.1 Å². The zero-order valence-electron chi connectivity index (χ0n) is 11.6. The van der Waals surface area contributed by atoms with Crippen LogP contribution in [0, 0.1) is 17.2 Å². The van der Waals surface area contributed by atoms with E-state index in [2.05, 4.69) is 17.2 Å². The van der Waals surface area contributed by atoms with Crippen molar-refractivity contribution in [1.82, 2.24) is 4.98 Å². The van der Waals surface area contributed by atoms with E-state index >= 15 is 0 Å². The monoisotopic (exact) mass is 295 g/mol. The van der Waals surface area contributed by atoms with Crippen LogP contribution in [0.4, 0.5) is 5.82 Å². The molecule has 20 heavy (non-hydrogen) atoms. The fourth-order valence-electron chi connectivity index (χ4n) is 2.28. The van der Waals surface area contributed by atoms with Gasteiger partial charge in [-0.25, -0.2) is 4.98 Å². The lowest BCUT2D eigenvalue weighted by molar-refractivity contribution is -0.153. The van der Waals surface area contributed by atoms with Crippen LogP contribution < -0.4 is 5.32 Å². The van der Waals surface area contributed by atoms with Crippen LogP contribution in [0.3, 0.4) is 0 Å². The molecule has 0 aromatic carbocycles. The van der Waals surface area contributed by atoms with E-state index in [1.165, 1.54) is 6.20 Å². The number of anilines is 1. The summed E-state index contributed by atoms with van der Waals surface area (Å²) in [5, 5.41) is 12.4. The molecular weight excluding hydrogens is 278 g/mol. The van der Waals surface area contributed by atoms with Crippen molar-refractivity contribution < 1.29 is 9.47 Å². The molecule has 0 saturated carbocycles. The minimum absolute atomic E-state index is 0.339. The number of hydrogen-bond donors (Lipinski definition) is 1. The number of ether oxygens (including phenoxy) is 2. The third kappa shape index (κ3) is 3.83. The number of aromatic nitrogens is 1. The van der Waals surface area contributed by atoms with Gasteiger partial charge >= 0.3 is 0 Å². The molecule has 1 atom stereocenters. The third-order valence-corrected chi connectivity index (χ3v) is 3.49. The summed E-state index contributed by atoms with van der Waals surface area (Å²) < 4.78 is 11.2. The van der Waals surface area contributed by atoms with E-state index in [9.17, 15) is 0 Å². The highest BCUT2D eigenvalue weighted by molar-refractivity contribution is 6.33. The van der Waals surface area contributed by atoms with Gasteiger partial charge in [0, 0.05) is 19.2 Å². The van der Waals surface area contributed by atoms with Gasteiger partial charge in [-0.15, -0.1) is 0 Å². The number of rotatable bonds is 5. The van der Waals surface area contributed by atoms with E-state index in [4.69, 9.17) is 26.3 Å². The Labute approximate surface area is 123 Å². The smallest absolute Gasteiger partial charge is 0.166 e. The molecule has 0 bridgehead atoms. The predicted octanol–water partition coefficient (Wildman–Crippen LogP) is 2.81. The van der Waals surface area contributed by atoms with E-state index in [-0.39, 0.29) is 0 Å². The van der Waals surface area contributed by atoms with Gasteiger partial charge in [0.15, 0.2) is 5.79 Å². The van der Waals surface area contributed by atoms with E-state index in [1.807, 2.05) is 13.0 Å². The highest BCUT2D eigenvalue weighted by Crippen LogP contribution is 2.27. The molecule has 0 unspecified atom stereocenters. The zero-order valence-corrected chi connectivity index (χ0v) is 12.4. The maximum Gasteiger partial charge on any atom is 0.166 e. The van der Waals surface area contributed by atoms with Crippen molar-refractivity contribution in [2.75, 3.05) is 25.1 Å². The Balaban J connectivity index is 1.87. The molecular formula is C14H18ClN3O2. The second-order valence-electron chi connectivity index (χ2n) is 5.19. The first-order chi connectivity index (χ1) is 9.52. The summed E-state index contributed by atoms with van der Waals surface area (Å²) in [6, 6.07) is 3.61. The molecule has 1 aliphatic rings. The van der Waals surface area contributed by atoms with Crippen LogP contribution in [0.5, 0.6) is 0 Å². The minimum atomic E-state index is -0.483. The van der Waals surface area contributed by atoms with Gasteiger partial charge in [-0.1, -0.05) is 18.5 Å². The average molecular weight is 296 g/mol. The Hall–Kier alpha value is -1.35. The average Bonchev–Trinajstić information content (AvgIpc) is 2.83. The van der Waals surface area contributed by atoms with Gasteiger partial charge in [-0.05, 0) is 18.9 Å². The lowest BCUT2D eigenvalue weighted by Crippen LogP contribution is -2.30. The first kappa shape index (κ1) is 15.0. The third-order valence-electron chi connectivity index (χ3n) is 3.21. The molecule has 0 aliphatic carbocycles. The van der Waals surface area contributed by atoms with Gasteiger partial charge in [-0.3, -0.25) is 0 Å². The van der Waals surface area contributed by atoms with Crippen LogP contribution in [0.2, 0.25) is 5.02 Å². The maximum absolute atomic E-state index is 8.76. The molecule has 1 fully saturated rings. The van der Waals surface area contributed by atoms with Crippen LogP contribution in [-0.2, 0) is 9.47 Å². The molecule has 1 aromatic rings. The lowest BCUT2D eigenvalue weighted by atomic mass is 10.0. The minimum Gasteiger partial charge on any atom is -0.369 e. The Morgan fingerprint density at radius 2 is 2.25 bits per heavy atom. The standard InChI is InChI=1S/C14H18ClN3O2/c1-10(6-14(2)19-3-4-20-14)8-17-13-12(15)5-11(7-16)9-18-13/h5,9-10H,3-4,6,8H2,1-2H3,(H,17,18)/t10-/m0/s1. The molecule has 108 valence electrons. The van der Waals surface area contributed by atoms with Crippen molar-refractivity contribution in [2.45, 2.75) is 26.1 Å². The summed E-state index contributed by atoms with van der Waals surface area (Å²) in [4.78, 5) is 4.14. The summed E-state index contributed by atoms with van der Waals surface area (Å²) in [6.45, 7) is 6.09. The van der Waals surface area contributed by atoms with E-state index in [1.54, 1.807) is 6.07 Å².